The number of fused-ring (bicyclic) bond motifs is 1. The number of hydrogen-bond donors (Lipinski definition) is 2. The van der Waals surface area contributed by atoms with Crippen molar-refractivity contribution in [2.24, 2.45) is 5.92 Å². The van der Waals surface area contributed by atoms with Gasteiger partial charge in [-0.05, 0) is 24.5 Å². The molecular formula is C13H19N2O+. The molecular weight excluding hydrogens is 200 g/mol. The normalized spacial score (nSPS) is 11.5. The molecule has 1 heterocycles. The Bertz CT molecular complexity index is 474. The van der Waals surface area contributed by atoms with Crippen molar-refractivity contribution in [1.82, 2.24) is 4.98 Å². The van der Waals surface area contributed by atoms with Gasteiger partial charge in [-0.15, -0.1) is 0 Å². The van der Waals surface area contributed by atoms with Gasteiger partial charge in [0.1, 0.15) is 6.61 Å². The summed E-state index contributed by atoms with van der Waals surface area (Å²) in [5.41, 5.74) is 2.27. The van der Waals surface area contributed by atoms with Gasteiger partial charge < -0.3 is 5.11 Å². The van der Waals surface area contributed by atoms with Crippen molar-refractivity contribution in [3.05, 3.63) is 30.1 Å². The summed E-state index contributed by atoms with van der Waals surface area (Å²) in [5, 5.41) is 9.33. The molecule has 0 unspecified atom stereocenters. The van der Waals surface area contributed by atoms with Crippen LogP contribution in [0.25, 0.3) is 11.0 Å². The van der Waals surface area contributed by atoms with E-state index >= 15 is 0 Å². The smallest absolute Gasteiger partial charge is 0.281 e. The monoisotopic (exact) mass is 219 g/mol. The summed E-state index contributed by atoms with van der Waals surface area (Å²) in [5.74, 6) is 1.56. The zero-order valence-corrected chi connectivity index (χ0v) is 9.90. The van der Waals surface area contributed by atoms with Gasteiger partial charge in [0, 0.05) is 0 Å². The molecule has 86 valence electrons. The van der Waals surface area contributed by atoms with Crippen LogP contribution in [0.15, 0.2) is 24.3 Å². The van der Waals surface area contributed by atoms with E-state index in [1.54, 1.807) is 0 Å². The summed E-state index contributed by atoms with van der Waals surface area (Å²) >= 11 is 0. The number of rotatable bonds is 4. The van der Waals surface area contributed by atoms with Crippen molar-refractivity contribution in [3.63, 3.8) is 0 Å². The maximum absolute atomic E-state index is 9.33. The molecule has 0 radical (unpaired) electrons. The zero-order chi connectivity index (χ0) is 11.5. The van der Waals surface area contributed by atoms with E-state index in [1.165, 1.54) is 5.52 Å². The van der Waals surface area contributed by atoms with E-state index < -0.39 is 0 Å². The summed E-state index contributed by atoms with van der Waals surface area (Å²) < 4.78 is 2.18. The highest BCUT2D eigenvalue weighted by Gasteiger charge is 2.16. The maximum atomic E-state index is 9.33. The Kier molecular flexibility index (Phi) is 3.25. The van der Waals surface area contributed by atoms with Gasteiger partial charge in [-0.2, -0.15) is 0 Å². The average molecular weight is 219 g/mol. The molecule has 0 amide bonds. The Morgan fingerprint density at radius 1 is 1.31 bits per heavy atom. The van der Waals surface area contributed by atoms with Crippen LogP contribution in [0.5, 0.6) is 0 Å². The van der Waals surface area contributed by atoms with E-state index in [2.05, 4.69) is 29.5 Å². The topological polar surface area (TPSA) is 39.9 Å². The lowest BCUT2D eigenvalue weighted by Crippen LogP contribution is -2.37. The number of para-hydroxylation sites is 2. The van der Waals surface area contributed by atoms with Crippen LogP contribution in [0, 0.1) is 5.92 Å². The van der Waals surface area contributed by atoms with E-state index in [0.717, 1.165) is 24.3 Å². The Balaban J connectivity index is 2.39. The van der Waals surface area contributed by atoms with Crippen molar-refractivity contribution in [1.29, 1.82) is 0 Å². The number of aliphatic hydroxyl groups excluding tert-OH is 1. The molecule has 1 aromatic carbocycles. The Morgan fingerprint density at radius 3 is 2.75 bits per heavy atom. The quantitative estimate of drug-likeness (QED) is 0.758. The predicted octanol–water partition coefficient (Wildman–Crippen LogP) is 1.99. The average Bonchev–Trinajstić information content (AvgIpc) is 2.64. The Hall–Kier alpha value is -1.35. The predicted molar refractivity (Wildman–Crippen MR) is 63.9 cm³/mol. The lowest BCUT2D eigenvalue weighted by molar-refractivity contribution is -0.681. The lowest BCUT2D eigenvalue weighted by atomic mass is 10.1. The molecule has 0 aliphatic rings. The molecule has 0 atom stereocenters. The molecule has 0 spiro atoms. The van der Waals surface area contributed by atoms with Crippen molar-refractivity contribution in [3.8, 4) is 0 Å². The second-order valence-corrected chi connectivity index (χ2v) is 4.58. The fraction of sp³-hybridized carbons (Fsp3) is 0.462. The molecule has 2 aromatic rings. The first-order chi connectivity index (χ1) is 7.72. The molecule has 0 aliphatic heterocycles. The summed E-state index contributed by atoms with van der Waals surface area (Å²) in [6.07, 6.45) is 1.12. The molecule has 2 N–H and O–H groups in total. The third kappa shape index (κ3) is 2.09. The number of H-pyrrole nitrogens is 1. The number of aryl methyl sites for hydroxylation is 1. The van der Waals surface area contributed by atoms with Crippen LogP contribution in [-0.2, 0) is 13.2 Å². The van der Waals surface area contributed by atoms with Gasteiger partial charge in [-0.25, -0.2) is 9.55 Å². The van der Waals surface area contributed by atoms with Crippen LogP contribution >= 0.6 is 0 Å². The molecule has 1 aromatic heterocycles. The molecule has 0 bridgehead atoms. The van der Waals surface area contributed by atoms with Crippen LogP contribution in [0.2, 0.25) is 0 Å². The Morgan fingerprint density at radius 2 is 2.06 bits per heavy atom. The number of nitrogens with one attached hydrogen (secondary N) is 1. The van der Waals surface area contributed by atoms with Crippen molar-refractivity contribution in [2.75, 3.05) is 0 Å². The minimum atomic E-state index is 0.0623. The third-order valence-electron chi connectivity index (χ3n) is 2.88. The number of aromatic amines is 1. The van der Waals surface area contributed by atoms with Gasteiger partial charge in [-0.1, -0.05) is 26.0 Å². The molecule has 0 saturated carbocycles. The molecule has 0 aliphatic carbocycles. The van der Waals surface area contributed by atoms with Gasteiger partial charge >= 0.3 is 0 Å². The van der Waals surface area contributed by atoms with E-state index in [9.17, 15) is 5.11 Å². The molecule has 3 nitrogen and oxygen atoms in total. The van der Waals surface area contributed by atoms with Gasteiger partial charge in [0.05, 0.1) is 6.54 Å². The first-order valence-electron chi connectivity index (χ1n) is 5.82. The number of hydrogen-bond acceptors (Lipinski definition) is 1. The second kappa shape index (κ2) is 4.66. The largest absolute Gasteiger partial charge is 0.384 e. The molecule has 0 fully saturated rings. The van der Waals surface area contributed by atoms with Crippen LogP contribution in [0.3, 0.4) is 0 Å². The Labute approximate surface area is 95.7 Å². The molecule has 2 rings (SSSR count). The van der Waals surface area contributed by atoms with E-state index in [4.69, 9.17) is 0 Å². The van der Waals surface area contributed by atoms with Gasteiger partial charge in [0.25, 0.3) is 5.82 Å². The number of aliphatic hydroxyl groups is 1. The highest BCUT2D eigenvalue weighted by atomic mass is 16.3. The number of nitrogens with zero attached hydrogens (tertiary/aromatic N) is 1. The SMILES string of the molecule is CC(C)CC[n+]1c(CO)[nH]c2ccccc21. The van der Waals surface area contributed by atoms with Crippen LogP contribution in [0.1, 0.15) is 26.1 Å². The number of benzene rings is 1. The fourth-order valence-electron chi connectivity index (χ4n) is 1.95. The summed E-state index contributed by atoms with van der Waals surface area (Å²) in [6.45, 7) is 5.45. The van der Waals surface area contributed by atoms with Crippen LogP contribution in [0.4, 0.5) is 0 Å². The summed E-state index contributed by atoms with van der Waals surface area (Å²) in [7, 11) is 0. The van der Waals surface area contributed by atoms with Gasteiger partial charge in [0.2, 0.25) is 0 Å². The first kappa shape index (κ1) is 11.1. The van der Waals surface area contributed by atoms with Gasteiger partial charge in [0.15, 0.2) is 11.0 Å². The summed E-state index contributed by atoms with van der Waals surface area (Å²) in [6, 6.07) is 8.17. The van der Waals surface area contributed by atoms with Crippen molar-refractivity contribution >= 4 is 11.0 Å². The number of imidazole rings is 1. The molecule has 16 heavy (non-hydrogen) atoms. The van der Waals surface area contributed by atoms with Crippen molar-refractivity contribution in [2.45, 2.75) is 33.4 Å². The van der Waals surface area contributed by atoms with E-state index in [1.807, 2.05) is 18.2 Å². The van der Waals surface area contributed by atoms with Gasteiger partial charge in [-0.3, -0.25) is 0 Å². The number of aromatic nitrogens is 2. The second-order valence-electron chi connectivity index (χ2n) is 4.58. The summed E-state index contributed by atoms with van der Waals surface area (Å²) in [4.78, 5) is 3.25. The van der Waals surface area contributed by atoms with Crippen LogP contribution < -0.4 is 4.57 Å². The highest BCUT2D eigenvalue weighted by molar-refractivity contribution is 5.70. The van der Waals surface area contributed by atoms with Crippen LogP contribution in [-0.4, -0.2) is 10.1 Å². The third-order valence-corrected chi connectivity index (χ3v) is 2.88. The maximum Gasteiger partial charge on any atom is 0.281 e. The minimum absolute atomic E-state index is 0.0623. The van der Waals surface area contributed by atoms with Crippen molar-refractivity contribution < 1.29 is 9.67 Å². The molecule has 0 saturated heterocycles. The van der Waals surface area contributed by atoms with E-state index in [0.29, 0.717) is 5.92 Å². The standard InChI is InChI=1S/C13H18N2O/c1-10(2)7-8-15-12-6-4-3-5-11(12)14-13(15)9-16/h3-6,10,16H,7-9H2,1-2H3/p+1. The lowest BCUT2D eigenvalue weighted by Gasteiger charge is -2.03. The first-order valence-corrected chi connectivity index (χ1v) is 5.82. The molecule has 3 heteroatoms. The minimum Gasteiger partial charge on any atom is -0.384 e. The fourth-order valence-corrected chi connectivity index (χ4v) is 1.95. The highest BCUT2D eigenvalue weighted by Crippen LogP contribution is 2.10. The van der Waals surface area contributed by atoms with E-state index in [-0.39, 0.29) is 6.61 Å². The zero-order valence-electron chi connectivity index (χ0n) is 9.90.